The molecule has 0 spiro atoms. The molecule has 92 valence electrons. The number of hydrogen-bond acceptors (Lipinski definition) is 2. The predicted molar refractivity (Wildman–Crippen MR) is 77.8 cm³/mol. The Morgan fingerprint density at radius 2 is 2.29 bits per heavy atom. The first kappa shape index (κ1) is 12.7. The minimum Gasteiger partial charge on any atom is -0.399 e. The van der Waals surface area contributed by atoms with Gasteiger partial charge in [0.1, 0.15) is 0 Å². The first-order valence-electron chi connectivity index (χ1n) is 5.97. The molecule has 3 nitrogen and oxygen atoms in total. The molecule has 1 saturated carbocycles. The first-order valence-corrected chi connectivity index (χ1v) is 7.05. The van der Waals surface area contributed by atoms with Crippen molar-refractivity contribution in [3.8, 4) is 0 Å². The normalized spacial score (nSPS) is 22.2. The first-order chi connectivity index (χ1) is 8.10. The summed E-state index contributed by atoms with van der Waals surface area (Å²) in [4.78, 5) is 12.0. The molecule has 3 N–H and O–H groups in total. The van der Waals surface area contributed by atoms with Crippen LogP contribution in [0.5, 0.6) is 0 Å². The molecule has 2 rings (SSSR count). The summed E-state index contributed by atoms with van der Waals surface area (Å²) < 4.78 is 0.994. The summed E-state index contributed by atoms with van der Waals surface area (Å²) in [6, 6.07) is 5.83. The lowest BCUT2D eigenvalue weighted by atomic mass is 10.2. The summed E-state index contributed by atoms with van der Waals surface area (Å²) in [6.07, 6.45) is 3.52. The van der Waals surface area contributed by atoms with Gasteiger partial charge in [0.15, 0.2) is 0 Å². The van der Waals surface area contributed by atoms with Crippen molar-refractivity contribution in [3.05, 3.63) is 27.3 Å². The Balaban J connectivity index is 1.96. The molecule has 0 radical (unpaired) electrons. The van der Waals surface area contributed by atoms with Crippen molar-refractivity contribution in [2.24, 2.45) is 5.92 Å². The minimum atomic E-state index is -0.00109. The van der Waals surface area contributed by atoms with Crippen molar-refractivity contribution in [2.75, 3.05) is 5.73 Å². The largest absolute Gasteiger partial charge is 0.399 e. The van der Waals surface area contributed by atoms with Crippen LogP contribution < -0.4 is 11.1 Å². The molecular formula is C13H17IN2O. The van der Waals surface area contributed by atoms with Crippen molar-refractivity contribution in [3.63, 3.8) is 0 Å². The number of carbonyl (C=O) groups excluding carboxylic acids is 1. The number of hydrogen-bond donors (Lipinski definition) is 2. The van der Waals surface area contributed by atoms with Gasteiger partial charge in [-0.05, 0) is 59.5 Å². The number of benzene rings is 1. The molecule has 1 amide bonds. The van der Waals surface area contributed by atoms with E-state index in [1.165, 1.54) is 12.8 Å². The van der Waals surface area contributed by atoms with Gasteiger partial charge in [0.25, 0.3) is 5.91 Å². The summed E-state index contributed by atoms with van der Waals surface area (Å²) in [6.45, 7) is 2.18. The third-order valence-electron chi connectivity index (χ3n) is 3.08. The highest BCUT2D eigenvalue weighted by Gasteiger charge is 2.37. The highest BCUT2D eigenvalue weighted by molar-refractivity contribution is 14.1. The van der Waals surface area contributed by atoms with Gasteiger partial charge in [0.05, 0.1) is 0 Å². The molecule has 1 aromatic rings. The van der Waals surface area contributed by atoms with E-state index in [2.05, 4.69) is 34.8 Å². The van der Waals surface area contributed by atoms with E-state index < -0.39 is 0 Å². The Labute approximate surface area is 115 Å². The highest BCUT2D eigenvalue weighted by atomic mass is 127. The Bertz CT molecular complexity index is 413. The molecule has 2 atom stereocenters. The maximum atomic E-state index is 12.0. The Morgan fingerprint density at radius 1 is 1.53 bits per heavy atom. The zero-order chi connectivity index (χ0) is 12.4. The van der Waals surface area contributed by atoms with Crippen LogP contribution in [0.4, 0.5) is 5.69 Å². The van der Waals surface area contributed by atoms with Crippen molar-refractivity contribution >= 4 is 34.2 Å². The van der Waals surface area contributed by atoms with Crippen LogP contribution in [-0.4, -0.2) is 11.9 Å². The van der Waals surface area contributed by atoms with E-state index in [1.54, 1.807) is 6.07 Å². The smallest absolute Gasteiger partial charge is 0.251 e. The van der Waals surface area contributed by atoms with E-state index in [1.807, 2.05) is 12.1 Å². The topological polar surface area (TPSA) is 55.1 Å². The predicted octanol–water partition coefficient (Wildman–Crippen LogP) is 2.79. The summed E-state index contributed by atoms with van der Waals surface area (Å²) in [5, 5.41) is 3.06. The molecule has 0 bridgehead atoms. The van der Waals surface area contributed by atoms with E-state index in [0.717, 1.165) is 9.99 Å². The summed E-state index contributed by atoms with van der Waals surface area (Å²) >= 11 is 2.17. The lowest BCUT2D eigenvalue weighted by molar-refractivity contribution is 0.0949. The van der Waals surface area contributed by atoms with Gasteiger partial charge < -0.3 is 11.1 Å². The third-order valence-corrected chi connectivity index (χ3v) is 3.70. The zero-order valence-electron chi connectivity index (χ0n) is 9.87. The number of nitrogens with one attached hydrogen (secondary N) is 1. The Hall–Kier alpha value is -0.780. The van der Waals surface area contributed by atoms with Crippen molar-refractivity contribution in [1.29, 1.82) is 0 Å². The quantitative estimate of drug-likeness (QED) is 0.652. The molecule has 1 aliphatic carbocycles. The molecule has 0 aromatic heterocycles. The summed E-state index contributed by atoms with van der Waals surface area (Å²) in [7, 11) is 0. The fourth-order valence-electron chi connectivity index (χ4n) is 2.11. The molecule has 1 aliphatic rings. The van der Waals surface area contributed by atoms with Gasteiger partial charge in [-0.2, -0.15) is 0 Å². The van der Waals surface area contributed by atoms with E-state index >= 15 is 0 Å². The van der Waals surface area contributed by atoms with Crippen LogP contribution >= 0.6 is 22.6 Å². The molecular weight excluding hydrogens is 327 g/mol. The fourth-order valence-corrected chi connectivity index (χ4v) is 2.80. The number of halogens is 1. The molecule has 0 aliphatic heterocycles. The number of carbonyl (C=O) groups is 1. The van der Waals surface area contributed by atoms with Crippen molar-refractivity contribution in [2.45, 2.75) is 32.2 Å². The van der Waals surface area contributed by atoms with Gasteiger partial charge in [-0.1, -0.05) is 13.3 Å². The second kappa shape index (κ2) is 5.25. The average Bonchev–Trinajstić information content (AvgIpc) is 2.95. The number of anilines is 1. The van der Waals surface area contributed by atoms with E-state index in [0.29, 0.717) is 23.2 Å². The SMILES string of the molecule is CCCC1CC1NC(=O)c1cc(N)cc(I)c1. The summed E-state index contributed by atoms with van der Waals surface area (Å²) in [5.41, 5.74) is 7.04. The average molecular weight is 344 g/mol. The van der Waals surface area contributed by atoms with Crippen LogP contribution in [0.15, 0.2) is 18.2 Å². The lowest BCUT2D eigenvalue weighted by Crippen LogP contribution is -2.27. The van der Waals surface area contributed by atoms with Gasteiger partial charge in [0.2, 0.25) is 0 Å². The summed E-state index contributed by atoms with van der Waals surface area (Å²) in [5.74, 6) is 0.683. The zero-order valence-corrected chi connectivity index (χ0v) is 12.0. The fraction of sp³-hybridized carbons (Fsp3) is 0.462. The lowest BCUT2D eigenvalue weighted by Gasteiger charge is -2.06. The maximum Gasteiger partial charge on any atom is 0.251 e. The Kier molecular flexibility index (Phi) is 3.91. The van der Waals surface area contributed by atoms with E-state index in [9.17, 15) is 4.79 Å². The molecule has 0 saturated heterocycles. The van der Waals surface area contributed by atoms with Gasteiger partial charge in [-0.3, -0.25) is 4.79 Å². The van der Waals surface area contributed by atoms with Gasteiger partial charge in [-0.15, -0.1) is 0 Å². The van der Waals surface area contributed by atoms with Gasteiger partial charge >= 0.3 is 0 Å². The standard InChI is InChI=1S/C13H17IN2O/c1-2-3-8-6-12(8)16-13(17)9-4-10(14)7-11(15)5-9/h4-5,7-8,12H,2-3,6,15H2,1H3,(H,16,17). The number of amides is 1. The molecule has 2 unspecified atom stereocenters. The molecule has 17 heavy (non-hydrogen) atoms. The van der Waals surface area contributed by atoms with Crippen LogP contribution in [0.1, 0.15) is 36.5 Å². The van der Waals surface area contributed by atoms with Gasteiger partial charge in [0, 0.05) is 20.9 Å². The number of nitrogens with two attached hydrogens (primary N) is 1. The maximum absolute atomic E-state index is 12.0. The molecule has 4 heteroatoms. The second-order valence-corrected chi connectivity index (χ2v) is 5.88. The van der Waals surface area contributed by atoms with E-state index in [-0.39, 0.29) is 5.91 Å². The number of rotatable bonds is 4. The highest BCUT2D eigenvalue weighted by Crippen LogP contribution is 2.34. The van der Waals surface area contributed by atoms with Crippen LogP contribution in [-0.2, 0) is 0 Å². The third kappa shape index (κ3) is 3.34. The van der Waals surface area contributed by atoms with Gasteiger partial charge in [-0.25, -0.2) is 0 Å². The van der Waals surface area contributed by atoms with E-state index in [4.69, 9.17) is 5.73 Å². The van der Waals surface area contributed by atoms with Crippen LogP contribution in [0, 0.1) is 9.49 Å². The van der Waals surface area contributed by atoms with Crippen molar-refractivity contribution in [1.82, 2.24) is 5.32 Å². The minimum absolute atomic E-state index is 0.00109. The molecule has 1 fully saturated rings. The monoisotopic (exact) mass is 344 g/mol. The molecule has 1 aromatic carbocycles. The second-order valence-electron chi connectivity index (χ2n) is 4.64. The Morgan fingerprint density at radius 3 is 2.94 bits per heavy atom. The van der Waals surface area contributed by atoms with Crippen molar-refractivity contribution < 1.29 is 4.79 Å². The van der Waals surface area contributed by atoms with Crippen LogP contribution in [0.25, 0.3) is 0 Å². The van der Waals surface area contributed by atoms with Crippen LogP contribution in [0.3, 0.4) is 0 Å². The molecule has 0 heterocycles. The van der Waals surface area contributed by atoms with Crippen LogP contribution in [0.2, 0.25) is 0 Å². The number of nitrogen functional groups attached to an aromatic ring is 1.